The fraction of sp³-hybridized carbons (Fsp3) is 0.900. The summed E-state index contributed by atoms with van der Waals surface area (Å²) >= 11 is 0. The Morgan fingerprint density at radius 1 is 1.07 bits per heavy atom. The minimum absolute atomic E-state index is 0.0940. The van der Waals surface area contributed by atoms with Crippen LogP contribution < -0.4 is 0 Å². The molecule has 0 aromatic carbocycles. The maximum atomic E-state index is 13.5. The summed E-state index contributed by atoms with van der Waals surface area (Å²) in [6, 6.07) is 0. The van der Waals surface area contributed by atoms with Crippen LogP contribution in [0.3, 0.4) is 0 Å². The zero-order valence-corrected chi connectivity index (χ0v) is 24.8. The van der Waals surface area contributed by atoms with Gasteiger partial charge in [0.2, 0.25) is 0 Å². The van der Waals surface area contributed by atoms with E-state index in [1.54, 1.807) is 27.7 Å². The van der Waals surface area contributed by atoms with Crippen LogP contribution >= 0.6 is 0 Å². The van der Waals surface area contributed by atoms with Crippen molar-refractivity contribution < 1.29 is 49.0 Å². The second kappa shape index (κ2) is 8.96. The topological polar surface area (TPSA) is 163 Å². The normalized spacial score (nSPS) is 51.2. The number of Topliss-reactive ketones (excluding diaryl/α,β-unsaturated/α-hetero) is 1. The summed E-state index contributed by atoms with van der Waals surface area (Å²) in [5.74, 6) is -6.58. The number of carbonyl (C=O) groups is 3. The van der Waals surface area contributed by atoms with Crippen LogP contribution in [0, 0.1) is 46.8 Å². The van der Waals surface area contributed by atoms with Crippen molar-refractivity contribution in [1.82, 2.24) is 0 Å². The predicted octanol–water partition coefficient (Wildman–Crippen LogP) is 1.39. The van der Waals surface area contributed by atoms with E-state index in [1.807, 2.05) is 27.7 Å². The van der Waals surface area contributed by atoms with Gasteiger partial charge in [-0.05, 0) is 19.3 Å². The first-order valence-corrected chi connectivity index (χ1v) is 14.9. The first-order chi connectivity index (χ1) is 18.5. The van der Waals surface area contributed by atoms with E-state index >= 15 is 0 Å². The maximum absolute atomic E-state index is 13.5. The number of hydrogen-bond donors (Lipinski definition) is 4. The van der Waals surface area contributed by atoms with E-state index in [2.05, 4.69) is 0 Å². The quantitative estimate of drug-likeness (QED) is 0.262. The van der Waals surface area contributed by atoms with E-state index < -0.39 is 112 Å². The Morgan fingerprint density at radius 2 is 1.65 bits per heavy atom. The Labute approximate surface area is 235 Å². The number of carbonyl (C=O) groups excluding carboxylic acids is 3. The number of rotatable bonds is 7. The monoisotopic (exact) mass is 566 g/mol. The fourth-order valence-electron chi connectivity index (χ4n) is 8.95. The van der Waals surface area contributed by atoms with Gasteiger partial charge in [-0.1, -0.05) is 55.4 Å². The molecule has 0 spiro atoms. The molecule has 4 N–H and O–H groups in total. The molecule has 10 heteroatoms. The maximum Gasteiger partial charge on any atom is 0.309 e. The zero-order valence-electron chi connectivity index (χ0n) is 24.8. The Morgan fingerprint density at radius 3 is 2.20 bits per heavy atom. The second-order valence-corrected chi connectivity index (χ2v) is 14.0. The van der Waals surface area contributed by atoms with Gasteiger partial charge in [0, 0.05) is 35.0 Å². The van der Waals surface area contributed by atoms with Gasteiger partial charge in [-0.3, -0.25) is 14.4 Å². The first-order valence-electron chi connectivity index (χ1n) is 14.9. The van der Waals surface area contributed by atoms with Crippen molar-refractivity contribution in [3.8, 4) is 0 Å². The molecule has 10 nitrogen and oxygen atoms in total. The molecule has 0 amide bonds. The minimum Gasteiger partial charge on any atom is -0.457 e. The molecule has 5 rings (SSSR count). The van der Waals surface area contributed by atoms with E-state index in [0.29, 0.717) is 12.8 Å². The van der Waals surface area contributed by atoms with Crippen molar-refractivity contribution in [1.29, 1.82) is 0 Å². The van der Waals surface area contributed by atoms with Gasteiger partial charge in [0.1, 0.15) is 17.8 Å². The summed E-state index contributed by atoms with van der Waals surface area (Å²) in [5, 5.41) is 47.0. The first kappa shape index (κ1) is 29.9. The Kier molecular flexibility index (Phi) is 6.69. The number of esters is 2. The van der Waals surface area contributed by atoms with Crippen LogP contribution in [-0.4, -0.2) is 85.5 Å². The largest absolute Gasteiger partial charge is 0.457 e. The van der Waals surface area contributed by atoms with E-state index in [1.165, 1.54) is 0 Å². The Hall–Kier alpha value is -1.59. The van der Waals surface area contributed by atoms with Crippen molar-refractivity contribution in [2.24, 2.45) is 46.8 Å². The lowest BCUT2D eigenvalue weighted by Crippen LogP contribution is -2.69. The summed E-state index contributed by atoms with van der Waals surface area (Å²) in [6.45, 7) is 13.7. The lowest BCUT2D eigenvalue weighted by atomic mass is 9.58. The van der Waals surface area contributed by atoms with E-state index in [4.69, 9.17) is 14.2 Å². The molecule has 5 fully saturated rings. The molecule has 226 valence electrons. The van der Waals surface area contributed by atoms with Crippen molar-refractivity contribution in [2.75, 3.05) is 6.61 Å². The van der Waals surface area contributed by atoms with Gasteiger partial charge >= 0.3 is 11.9 Å². The number of aliphatic hydroxyl groups is 4. The molecule has 1 aliphatic heterocycles. The van der Waals surface area contributed by atoms with Gasteiger partial charge < -0.3 is 34.6 Å². The number of hydrogen-bond acceptors (Lipinski definition) is 10. The van der Waals surface area contributed by atoms with E-state index in [9.17, 15) is 34.8 Å². The molecule has 14 unspecified atom stereocenters. The minimum atomic E-state index is -2.38. The molecular formula is C30H46O10. The van der Waals surface area contributed by atoms with E-state index in [-0.39, 0.29) is 6.42 Å². The highest BCUT2D eigenvalue weighted by Crippen LogP contribution is 2.80. The van der Waals surface area contributed by atoms with Crippen LogP contribution in [0.25, 0.3) is 0 Å². The zero-order chi connectivity index (χ0) is 30.0. The van der Waals surface area contributed by atoms with Crippen LogP contribution in [0.2, 0.25) is 0 Å². The molecule has 0 bridgehead atoms. The van der Waals surface area contributed by atoms with Crippen LogP contribution in [0.5, 0.6) is 0 Å². The molecule has 4 saturated carbocycles. The molecule has 5 aliphatic rings. The number of fused-ring (bicyclic) bond motifs is 7. The Bertz CT molecular complexity index is 1110. The lowest BCUT2D eigenvalue weighted by molar-refractivity contribution is -0.252. The van der Waals surface area contributed by atoms with Gasteiger partial charge in [0.15, 0.2) is 17.0 Å². The third kappa shape index (κ3) is 3.26. The summed E-state index contributed by atoms with van der Waals surface area (Å²) in [6.07, 6.45) is -2.63. The van der Waals surface area contributed by atoms with Crippen LogP contribution in [-0.2, 0) is 28.6 Å². The molecule has 14 atom stereocenters. The van der Waals surface area contributed by atoms with E-state index in [0.717, 1.165) is 0 Å². The Balaban J connectivity index is 1.72. The summed E-state index contributed by atoms with van der Waals surface area (Å²) in [5.41, 5.74) is -8.03. The third-order valence-corrected chi connectivity index (χ3v) is 11.9. The lowest BCUT2D eigenvalue weighted by Gasteiger charge is -2.54. The molecule has 4 aliphatic carbocycles. The highest BCUT2D eigenvalue weighted by atomic mass is 16.6. The number of ketones is 1. The number of aliphatic hydroxyl groups excluding tert-OH is 2. The molecule has 0 aromatic rings. The van der Waals surface area contributed by atoms with Gasteiger partial charge in [0.25, 0.3) is 0 Å². The van der Waals surface area contributed by atoms with Gasteiger partial charge in [0.05, 0.1) is 30.1 Å². The van der Waals surface area contributed by atoms with Crippen molar-refractivity contribution in [3.05, 3.63) is 0 Å². The molecule has 0 aromatic heterocycles. The standard InChI is InChI=1S/C30H46O10/c1-9-13(3)23(33)38-21-16(6)28(36)17-11-15(5)20(32)29(17,37)25(35)27(12-31)22(39-27)18(28)19-26(7,8)30(19,21)40-24(34)14(4)10-2/h13-19,21-22,25,31,35-37H,9-12H2,1-8H3. The highest BCUT2D eigenvalue weighted by molar-refractivity contribution is 5.93. The van der Waals surface area contributed by atoms with Crippen molar-refractivity contribution in [3.63, 3.8) is 0 Å². The van der Waals surface area contributed by atoms with Crippen LogP contribution in [0.1, 0.15) is 74.7 Å². The highest BCUT2D eigenvalue weighted by Gasteiger charge is 2.93. The number of ether oxygens (including phenoxy) is 3. The van der Waals surface area contributed by atoms with Gasteiger partial charge in [-0.2, -0.15) is 0 Å². The second-order valence-electron chi connectivity index (χ2n) is 14.0. The molecular weight excluding hydrogens is 520 g/mol. The van der Waals surface area contributed by atoms with Crippen molar-refractivity contribution >= 4 is 17.7 Å². The summed E-state index contributed by atoms with van der Waals surface area (Å²) in [7, 11) is 0. The average molecular weight is 567 g/mol. The SMILES string of the molecule is CCC(C)C(=O)OC1C(C)C2(O)C(C3OC3(CO)C(O)C3(O)C(=O)C(C)CC32)C2C(C)(C)C12OC(=O)C(C)CC. The smallest absolute Gasteiger partial charge is 0.309 e. The van der Waals surface area contributed by atoms with Crippen LogP contribution in [0.15, 0.2) is 0 Å². The summed E-state index contributed by atoms with van der Waals surface area (Å²) < 4.78 is 18.5. The predicted molar refractivity (Wildman–Crippen MR) is 140 cm³/mol. The van der Waals surface area contributed by atoms with Crippen molar-refractivity contribution in [2.45, 2.75) is 115 Å². The number of epoxide rings is 1. The average Bonchev–Trinajstić information content (AvgIpc) is 3.75. The summed E-state index contributed by atoms with van der Waals surface area (Å²) in [4.78, 5) is 40.1. The van der Waals surface area contributed by atoms with Crippen LogP contribution in [0.4, 0.5) is 0 Å². The third-order valence-electron chi connectivity index (χ3n) is 11.9. The molecule has 1 heterocycles. The molecule has 1 saturated heterocycles. The fourth-order valence-corrected chi connectivity index (χ4v) is 8.95. The molecule has 0 radical (unpaired) electrons. The molecule has 40 heavy (non-hydrogen) atoms. The van der Waals surface area contributed by atoms with Gasteiger partial charge in [-0.15, -0.1) is 0 Å². The van der Waals surface area contributed by atoms with Gasteiger partial charge in [-0.25, -0.2) is 0 Å².